The largest absolute Gasteiger partial charge is 0.387 e. The first-order chi connectivity index (χ1) is 19.4. The first-order valence-electron chi connectivity index (χ1n) is 14.5. The van der Waals surface area contributed by atoms with Gasteiger partial charge in [-0.05, 0) is 51.8 Å². The van der Waals surface area contributed by atoms with Crippen LogP contribution in [-0.4, -0.2) is 106 Å². The number of imidazole rings is 1. The molecule has 7 rings (SSSR count). The van der Waals surface area contributed by atoms with Crippen molar-refractivity contribution in [1.82, 2.24) is 19.4 Å². The molecule has 1 aromatic rings. The normalized spacial score (nSPS) is 35.7. The Hall–Kier alpha value is -2.45. The van der Waals surface area contributed by atoms with Gasteiger partial charge in [-0.15, -0.1) is 0 Å². The number of fused-ring (bicyclic) bond motifs is 2. The minimum atomic E-state index is -1.05. The number of amidine groups is 1. The molecule has 0 amide bonds. The van der Waals surface area contributed by atoms with E-state index < -0.39 is 24.5 Å². The number of rotatable bonds is 8. The average molecular weight is 553 g/mol. The van der Waals surface area contributed by atoms with Crippen LogP contribution in [0.3, 0.4) is 0 Å². The molecular formula is C28H40N8O4. The Morgan fingerprint density at radius 2 is 2.02 bits per heavy atom. The predicted molar refractivity (Wildman–Crippen MR) is 150 cm³/mol. The fourth-order valence-corrected chi connectivity index (χ4v) is 6.61. The van der Waals surface area contributed by atoms with Crippen LogP contribution in [0, 0.1) is 11.8 Å². The summed E-state index contributed by atoms with van der Waals surface area (Å²) in [6.45, 7) is 2.77. The van der Waals surface area contributed by atoms with Gasteiger partial charge in [0, 0.05) is 24.9 Å². The van der Waals surface area contributed by atoms with E-state index in [1.807, 2.05) is 11.9 Å². The van der Waals surface area contributed by atoms with Gasteiger partial charge in [0.15, 0.2) is 6.23 Å². The van der Waals surface area contributed by atoms with E-state index in [1.165, 1.54) is 5.57 Å². The van der Waals surface area contributed by atoms with Gasteiger partial charge in [0.25, 0.3) is 0 Å². The van der Waals surface area contributed by atoms with Crippen molar-refractivity contribution in [2.75, 3.05) is 45.8 Å². The van der Waals surface area contributed by atoms with E-state index in [2.05, 4.69) is 34.4 Å². The highest BCUT2D eigenvalue weighted by atomic mass is 16.6. The minimum absolute atomic E-state index is 0.332. The zero-order valence-electron chi connectivity index (χ0n) is 23.2. The SMILES string of the molecule is CN(C[C@H]1O[C@@H](n2cnc3c2NCN(C)C3N)[C@H](O)[C@@H]1O)C1CC(CCC2=NC3=CCC(C4COC4)=CC3=N2)C1. The van der Waals surface area contributed by atoms with Crippen molar-refractivity contribution in [3.63, 3.8) is 0 Å². The maximum Gasteiger partial charge on any atom is 0.165 e. The van der Waals surface area contributed by atoms with Crippen LogP contribution in [-0.2, 0) is 9.47 Å². The molecule has 5 heterocycles. The van der Waals surface area contributed by atoms with E-state index in [1.54, 1.807) is 10.9 Å². The predicted octanol–water partition coefficient (Wildman–Crippen LogP) is 0.979. The number of aliphatic imine (C=N–C) groups is 2. The van der Waals surface area contributed by atoms with Crippen LogP contribution in [0.5, 0.6) is 0 Å². The summed E-state index contributed by atoms with van der Waals surface area (Å²) in [5.41, 5.74) is 10.4. The number of hydrogen-bond donors (Lipinski definition) is 4. The highest BCUT2D eigenvalue weighted by Crippen LogP contribution is 2.39. The molecule has 5 N–H and O–H groups in total. The number of nitrogens with two attached hydrogens (primary N) is 1. The number of allylic oxidation sites excluding steroid dienone is 2. The summed E-state index contributed by atoms with van der Waals surface area (Å²) < 4.78 is 13.3. The maximum atomic E-state index is 10.8. The number of aliphatic hydroxyl groups excluding tert-OH is 2. The van der Waals surface area contributed by atoms with Crippen molar-refractivity contribution >= 4 is 17.4 Å². The number of nitrogens with one attached hydrogen (secondary N) is 1. The third-order valence-corrected chi connectivity index (χ3v) is 9.54. The smallest absolute Gasteiger partial charge is 0.165 e. The molecule has 6 aliphatic rings. The van der Waals surface area contributed by atoms with Crippen LogP contribution in [0.25, 0.3) is 0 Å². The quantitative estimate of drug-likeness (QED) is 0.371. The van der Waals surface area contributed by atoms with Gasteiger partial charge in [-0.25, -0.2) is 15.0 Å². The Morgan fingerprint density at radius 1 is 1.20 bits per heavy atom. The molecule has 12 nitrogen and oxygen atoms in total. The fourth-order valence-electron chi connectivity index (χ4n) is 6.61. The van der Waals surface area contributed by atoms with Gasteiger partial charge in [-0.3, -0.25) is 9.47 Å². The second-order valence-corrected chi connectivity index (χ2v) is 12.2. The Balaban J connectivity index is 0.891. The van der Waals surface area contributed by atoms with E-state index in [0.717, 1.165) is 68.4 Å². The summed E-state index contributed by atoms with van der Waals surface area (Å²) in [6.07, 6.45) is 7.63. The van der Waals surface area contributed by atoms with Crippen LogP contribution < -0.4 is 11.1 Å². The molecule has 0 bridgehead atoms. The molecule has 12 heteroatoms. The number of anilines is 1. The van der Waals surface area contributed by atoms with Crippen LogP contribution in [0.15, 0.2) is 39.7 Å². The van der Waals surface area contributed by atoms with Crippen molar-refractivity contribution in [2.45, 2.75) is 68.9 Å². The summed E-state index contributed by atoms with van der Waals surface area (Å²) in [7, 11) is 3.99. The molecule has 1 unspecified atom stereocenters. The van der Waals surface area contributed by atoms with Gasteiger partial charge in [0.2, 0.25) is 0 Å². The highest BCUT2D eigenvalue weighted by Gasteiger charge is 2.46. The second kappa shape index (κ2) is 10.4. The van der Waals surface area contributed by atoms with Crippen LogP contribution >= 0.6 is 0 Å². The minimum Gasteiger partial charge on any atom is -0.387 e. The van der Waals surface area contributed by atoms with E-state index >= 15 is 0 Å². The molecule has 40 heavy (non-hydrogen) atoms. The number of aliphatic hydroxyl groups is 2. The van der Waals surface area contributed by atoms with Gasteiger partial charge < -0.3 is 35.6 Å². The Labute approximate surface area is 234 Å². The van der Waals surface area contributed by atoms with Crippen molar-refractivity contribution in [3.05, 3.63) is 35.4 Å². The zero-order chi connectivity index (χ0) is 27.5. The standard InChI is InChI=1S/C28H40N8O4/c1-34(10-21-24(37)25(38)28(40-21)36-14-30-23-26(29)35(2)13-31-27(23)36)18-7-15(8-18)3-6-22-32-19-5-4-16(9-20(19)33-22)17-11-39-12-17/h5,9,14-15,17-18,21,24-26,28,31,37-38H,3-4,6-8,10-13,29H2,1-2H3/t15?,18?,21-,24-,25-,26?,28-/m1/s1. The molecule has 0 aromatic carbocycles. The first-order valence-corrected chi connectivity index (χ1v) is 14.5. The summed E-state index contributed by atoms with van der Waals surface area (Å²) in [5, 5.41) is 25.0. The number of aromatic nitrogens is 2. The van der Waals surface area contributed by atoms with Gasteiger partial charge in [-0.1, -0.05) is 11.6 Å². The molecule has 0 spiro atoms. The lowest BCUT2D eigenvalue weighted by atomic mass is 9.76. The molecule has 4 aliphatic heterocycles. The highest BCUT2D eigenvalue weighted by molar-refractivity contribution is 6.19. The summed E-state index contributed by atoms with van der Waals surface area (Å²) in [5.74, 6) is 2.87. The van der Waals surface area contributed by atoms with Crippen LogP contribution in [0.1, 0.15) is 50.2 Å². The monoisotopic (exact) mass is 552 g/mol. The molecule has 5 atom stereocenters. The molecule has 2 aliphatic carbocycles. The average Bonchev–Trinajstić information content (AvgIpc) is 3.56. The molecule has 0 radical (unpaired) electrons. The lowest BCUT2D eigenvalue weighted by Gasteiger charge is -2.42. The van der Waals surface area contributed by atoms with E-state index in [-0.39, 0.29) is 6.17 Å². The van der Waals surface area contributed by atoms with Crippen molar-refractivity contribution in [1.29, 1.82) is 0 Å². The van der Waals surface area contributed by atoms with E-state index in [0.29, 0.717) is 36.8 Å². The van der Waals surface area contributed by atoms with Gasteiger partial charge in [0.1, 0.15) is 41.8 Å². The van der Waals surface area contributed by atoms with Crippen molar-refractivity contribution in [3.8, 4) is 0 Å². The van der Waals surface area contributed by atoms with E-state index in [4.69, 9.17) is 25.2 Å². The van der Waals surface area contributed by atoms with Gasteiger partial charge in [-0.2, -0.15) is 0 Å². The van der Waals surface area contributed by atoms with Gasteiger partial charge in [0.05, 0.1) is 37.6 Å². The Kier molecular flexibility index (Phi) is 6.90. The molecule has 216 valence electrons. The number of likely N-dealkylation sites (N-methyl/N-ethyl adjacent to an activating group) is 1. The topological polar surface area (TPSA) is 146 Å². The lowest BCUT2D eigenvalue weighted by Crippen LogP contribution is -2.47. The van der Waals surface area contributed by atoms with Gasteiger partial charge >= 0.3 is 0 Å². The van der Waals surface area contributed by atoms with Crippen LogP contribution in [0.2, 0.25) is 0 Å². The summed E-state index contributed by atoms with van der Waals surface area (Å²) in [4.78, 5) is 18.2. The molecule has 2 saturated heterocycles. The third kappa shape index (κ3) is 4.65. The molecular weight excluding hydrogens is 512 g/mol. The number of ether oxygens (including phenoxy) is 2. The number of hydrogen-bond acceptors (Lipinski definition) is 11. The fraction of sp³-hybridized carbons (Fsp3) is 0.679. The van der Waals surface area contributed by atoms with Crippen molar-refractivity contribution in [2.24, 2.45) is 27.6 Å². The number of nitrogens with zero attached hydrogens (tertiary/aromatic N) is 6. The summed E-state index contributed by atoms with van der Waals surface area (Å²) in [6, 6.07) is 0.436. The Bertz CT molecular complexity index is 1260. The molecule has 1 saturated carbocycles. The molecule has 1 aromatic heterocycles. The maximum absolute atomic E-state index is 10.8. The first kappa shape index (κ1) is 26.4. The second-order valence-electron chi connectivity index (χ2n) is 12.2. The van der Waals surface area contributed by atoms with E-state index in [9.17, 15) is 10.2 Å². The Morgan fingerprint density at radius 3 is 2.80 bits per heavy atom. The molecule has 3 fully saturated rings. The summed E-state index contributed by atoms with van der Waals surface area (Å²) >= 11 is 0. The van der Waals surface area contributed by atoms with Crippen molar-refractivity contribution < 1.29 is 19.7 Å². The third-order valence-electron chi connectivity index (χ3n) is 9.54. The zero-order valence-corrected chi connectivity index (χ0v) is 23.2. The van der Waals surface area contributed by atoms with Crippen LogP contribution in [0.4, 0.5) is 5.82 Å². The lowest BCUT2D eigenvalue weighted by molar-refractivity contribution is -0.0522.